The molecule has 1 atom stereocenters. The van der Waals surface area contributed by atoms with Crippen molar-refractivity contribution >= 4 is 42.1 Å². The number of nitrogens with zero attached hydrogens (tertiary/aromatic N) is 1. The lowest BCUT2D eigenvalue weighted by molar-refractivity contribution is 0.101. The van der Waals surface area contributed by atoms with Crippen molar-refractivity contribution in [1.82, 2.24) is 0 Å². The number of sulfonamides is 1. The van der Waals surface area contributed by atoms with Gasteiger partial charge in [-0.3, -0.25) is 9.52 Å². The third-order valence-corrected chi connectivity index (χ3v) is 8.17. The van der Waals surface area contributed by atoms with Crippen molar-refractivity contribution in [2.24, 2.45) is 4.36 Å². The minimum absolute atomic E-state index is 0.0230. The van der Waals surface area contributed by atoms with Gasteiger partial charge in [-0.15, -0.1) is 0 Å². The van der Waals surface area contributed by atoms with Gasteiger partial charge in [0.1, 0.15) is 0 Å². The van der Waals surface area contributed by atoms with E-state index >= 15 is 0 Å². The van der Waals surface area contributed by atoms with E-state index in [0.717, 1.165) is 16.3 Å². The van der Waals surface area contributed by atoms with E-state index in [-0.39, 0.29) is 16.1 Å². The second kappa shape index (κ2) is 8.80. The minimum atomic E-state index is -3.97. The summed E-state index contributed by atoms with van der Waals surface area (Å²) in [4.78, 5) is 13.7. The molecule has 0 aliphatic heterocycles. The molecule has 0 saturated carbocycles. The zero-order valence-electron chi connectivity index (χ0n) is 18.1. The van der Waals surface area contributed by atoms with E-state index in [9.17, 15) is 17.4 Å². The molecule has 0 bridgehead atoms. The summed E-state index contributed by atoms with van der Waals surface area (Å²) in [5.41, 5.74) is 1.02. The van der Waals surface area contributed by atoms with Gasteiger partial charge in [-0.1, -0.05) is 60.2 Å². The Labute approximate surface area is 193 Å². The van der Waals surface area contributed by atoms with Crippen LogP contribution in [-0.4, -0.2) is 24.8 Å². The number of anilines is 1. The molecule has 0 spiro atoms. The number of amides is 1. The fourth-order valence-electron chi connectivity index (χ4n) is 3.36. The maximum Gasteiger partial charge on any atom is 0.287 e. The lowest BCUT2D eigenvalue weighted by atomic mass is 10.0. The van der Waals surface area contributed by atoms with E-state index in [1.54, 1.807) is 54.6 Å². The first-order valence-electron chi connectivity index (χ1n) is 10.1. The Kier molecular flexibility index (Phi) is 6.05. The molecule has 1 unspecified atom stereocenters. The molecule has 1 N–H and O–H groups in total. The van der Waals surface area contributed by atoms with Gasteiger partial charge in [0.05, 0.1) is 25.9 Å². The van der Waals surface area contributed by atoms with Gasteiger partial charge in [0.25, 0.3) is 15.9 Å². The Morgan fingerprint density at radius 3 is 1.97 bits per heavy atom. The first-order valence-corrected chi connectivity index (χ1v) is 13.5. The standard InChI is InChI=1S/C25H22N2O4S2/c1-18-12-14-22(15-13-18)33(30,31)26-24-17-20-9-7-6-8-19(20)16-23(24)25(28)27-32(2,29)21-10-4-3-5-11-21/h3-17,26H,1-2H3. The SMILES string of the molecule is Cc1ccc(S(=O)(=O)Nc2cc3ccccc3cc2C(=O)N=S(C)(=O)c2ccccc2)cc1. The molecule has 0 aromatic heterocycles. The van der Waals surface area contributed by atoms with Crippen LogP contribution in [0.5, 0.6) is 0 Å². The summed E-state index contributed by atoms with van der Waals surface area (Å²) in [6, 6.07) is 25.3. The number of hydrogen-bond acceptors (Lipinski definition) is 4. The topological polar surface area (TPSA) is 92.7 Å². The third-order valence-electron chi connectivity index (χ3n) is 5.13. The van der Waals surface area contributed by atoms with Crippen molar-refractivity contribution in [3.63, 3.8) is 0 Å². The van der Waals surface area contributed by atoms with Crippen molar-refractivity contribution in [3.05, 3.63) is 102 Å². The van der Waals surface area contributed by atoms with E-state index in [1.807, 2.05) is 31.2 Å². The predicted molar refractivity (Wildman–Crippen MR) is 131 cm³/mol. The quantitative estimate of drug-likeness (QED) is 0.424. The molecule has 0 radical (unpaired) electrons. The van der Waals surface area contributed by atoms with Gasteiger partial charge in [-0.25, -0.2) is 12.6 Å². The zero-order valence-corrected chi connectivity index (χ0v) is 19.7. The van der Waals surface area contributed by atoms with Crippen LogP contribution >= 0.6 is 0 Å². The van der Waals surface area contributed by atoms with E-state index < -0.39 is 25.7 Å². The first-order chi connectivity index (χ1) is 15.7. The number of carbonyl (C=O) groups excluding carboxylic acids is 1. The second-order valence-corrected chi connectivity index (χ2v) is 11.6. The van der Waals surface area contributed by atoms with Crippen LogP contribution in [0, 0.1) is 6.92 Å². The molecule has 8 heteroatoms. The number of carbonyl (C=O) groups is 1. The molecule has 168 valence electrons. The number of rotatable bonds is 5. The third kappa shape index (κ3) is 4.97. The van der Waals surface area contributed by atoms with Crippen LogP contribution in [0.25, 0.3) is 10.8 Å². The van der Waals surface area contributed by atoms with Crippen molar-refractivity contribution < 1.29 is 17.4 Å². The average molecular weight is 479 g/mol. The molecule has 0 aliphatic rings. The average Bonchev–Trinajstić information content (AvgIpc) is 2.79. The van der Waals surface area contributed by atoms with Crippen molar-refractivity contribution in [3.8, 4) is 0 Å². The second-order valence-electron chi connectivity index (χ2n) is 7.68. The molecule has 1 amide bonds. The molecule has 4 rings (SSSR count). The Hall–Kier alpha value is -3.49. The number of hydrogen-bond donors (Lipinski definition) is 1. The lowest BCUT2D eigenvalue weighted by Crippen LogP contribution is -2.16. The lowest BCUT2D eigenvalue weighted by Gasteiger charge is -2.13. The number of aryl methyl sites for hydroxylation is 1. The van der Waals surface area contributed by atoms with Gasteiger partial charge in [-0.05, 0) is 54.1 Å². The van der Waals surface area contributed by atoms with Gasteiger partial charge in [0.15, 0.2) is 0 Å². The summed E-state index contributed by atoms with van der Waals surface area (Å²) in [6.07, 6.45) is 1.39. The normalized spacial score (nSPS) is 13.3. The molecule has 33 heavy (non-hydrogen) atoms. The van der Waals surface area contributed by atoms with E-state index in [2.05, 4.69) is 9.08 Å². The molecule has 0 fully saturated rings. The van der Waals surface area contributed by atoms with Crippen molar-refractivity contribution in [2.45, 2.75) is 16.7 Å². The number of fused-ring (bicyclic) bond motifs is 1. The van der Waals surface area contributed by atoms with E-state index in [0.29, 0.717) is 4.90 Å². The van der Waals surface area contributed by atoms with Crippen LogP contribution in [-0.2, 0) is 19.8 Å². The smallest absolute Gasteiger partial charge is 0.279 e. The fraction of sp³-hybridized carbons (Fsp3) is 0.0800. The van der Waals surface area contributed by atoms with Crippen LogP contribution in [0.15, 0.2) is 105 Å². The summed E-state index contributed by atoms with van der Waals surface area (Å²) < 4.78 is 45.7. The molecule has 0 aliphatic carbocycles. The molecule has 4 aromatic carbocycles. The van der Waals surface area contributed by atoms with Crippen LogP contribution in [0.3, 0.4) is 0 Å². The summed E-state index contributed by atoms with van der Waals surface area (Å²) in [7, 11) is -7.00. The van der Waals surface area contributed by atoms with Crippen LogP contribution < -0.4 is 4.72 Å². The summed E-state index contributed by atoms with van der Waals surface area (Å²) in [5, 5.41) is 1.48. The molecule has 6 nitrogen and oxygen atoms in total. The van der Waals surface area contributed by atoms with Gasteiger partial charge in [0.2, 0.25) is 0 Å². The molecular formula is C25H22N2O4S2. The minimum Gasteiger partial charge on any atom is -0.279 e. The summed E-state index contributed by atoms with van der Waals surface area (Å²) in [6.45, 7) is 1.86. The van der Waals surface area contributed by atoms with E-state index in [4.69, 9.17) is 0 Å². The predicted octanol–water partition coefficient (Wildman–Crippen LogP) is 5.25. The highest BCUT2D eigenvalue weighted by Crippen LogP contribution is 2.28. The van der Waals surface area contributed by atoms with Crippen LogP contribution in [0.2, 0.25) is 0 Å². The fourth-order valence-corrected chi connectivity index (χ4v) is 5.61. The maximum absolute atomic E-state index is 13.2. The molecular weight excluding hydrogens is 456 g/mol. The molecule has 4 aromatic rings. The number of benzene rings is 4. The highest BCUT2D eigenvalue weighted by Gasteiger charge is 2.21. The van der Waals surface area contributed by atoms with Crippen LogP contribution in [0.4, 0.5) is 5.69 Å². The largest absolute Gasteiger partial charge is 0.287 e. The van der Waals surface area contributed by atoms with Crippen LogP contribution in [0.1, 0.15) is 15.9 Å². The Morgan fingerprint density at radius 2 is 1.33 bits per heavy atom. The zero-order chi connectivity index (χ0) is 23.6. The summed E-state index contributed by atoms with van der Waals surface area (Å²) in [5.74, 6) is -0.765. The summed E-state index contributed by atoms with van der Waals surface area (Å²) >= 11 is 0. The van der Waals surface area contributed by atoms with Crippen molar-refractivity contribution in [1.29, 1.82) is 0 Å². The first kappa shape index (κ1) is 22.7. The van der Waals surface area contributed by atoms with E-state index in [1.165, 1.54) is 18.4 Å². The Balaban J connectivity index is 1.83. The van der Waals surface area contributed by atoms with Gasteiger partial charge in [-0.2, -0.15) is 4.36 Å². The Morgan fingerprint density at radius 1 is 0.758 bits per heavy atom. The van der Waals surface area contributed by atoms with Gasteiger partial charge >= 0.3 is 0 Å². The highest BCUT2D eigenvalue weighted by molar-refractivity contribution is 7.93. The maximum atomic E-state index is 13.2. The molecule has 0 saturated heterocycles. The van der Waals surface area contributed by atoms with Crippen molar-refractivity contribution in [2.75, 3.05) is 11.0 Å². The highest BCUT2D eigenvalue weighted by atomic mass is 32.2. The monoisotopic (exact) mass is 478 g/mol. The molecule has 0 heterocycles. The number of nitrogens with one attached hydrogen (secondary N) is 1. The van der Waals surface area contributed by atoms with Gasteiger partial charge in [0, 0.05) is 11.2 Å². The Bertz CT molecular complexity index is 1570. The van der Waals surface area contributed by atoms with Gasteiger partial charge < -0.3 is 0 Å².